The number of ether oxygens (including phenoxy) is 3. The molecule has 134 valence electrons. The quantitative estimate of drug-likeness (QED) is 0.153. The van der Waals surface area contributed by atoms with Crippen LogP contribution in [0.4, 0.5) is 0 Å². The van der Waals surface area contributed by atoms with Crippen LogP contribution >= 0.6 is 0 Å². The number of rotatable bonds is 10. The molecule has 0 aliphatic carbocycles. The van der Waals surface area contributed by atoms with E-state index >= 15 is 0 Å². The number of carbonyl (C=O) groups excluding carboxylic acids is 2. The van der Waals surface area contributed by atoms with Crippen LogP contribution in [0, 0.1) is 17.3 Å². The van der Waals surface area contributed by atoms with Gasteiger partial charge in [0.1, 0.15) is 6.10 Å². The van der Waals surface area contributed by atoms with Gasteiger partial charge >= 0.3 is 11.9 Å². The fourth-order valence-corrected chi connectivity index (χ4v) is 2.72. The topological polar surface area (TPSA) is 65.1 Å². The summed E-state index contributed by atoms with van der Waals surface area (Å²) >= 11 is 0. The number of hydrogen-bond acceptors (Lipinski definition) is 5. The summed E-state index contributed by atoms with van der Waals surface area (Å²) in [6.45, 7) is 5.80. The Kier molecular flexibility index (Phi) is 8.56. The maximum atomic E-state index is 12.2. The van der Waals surface area contributed by atoms with E-state index in [1.54, 1.807) is 0 Å². The van der Waals surface area contributed by atoms with E-state index in [1.807, 2.05) is 0 Å². The van der Waals surface area contributed by atoms with Gasteiger partial charge < -0.3 is 14.2 Å². The van der Waals surface area contributed by atoms with Crippen molar-refractivity contribution in [1.82, 2.24) is 0 Å². The average Bonchev–Trinajstić information content (AvgIpc) is 3.33. The summed E-state index contributed by atoms with van der Waals surface area (Å²) in [5.74, 6) is 4.92. The van der Waals surface area contributed by atoms with Crippen LogP contribution in [0.15, 0.2) is 12.7 Å². The van der Waals surface area contributed by atoms with Crippen molar-refractivity contribution in [3.05, 3.63) is 12.7 Å². The highest BCUT2D eigenvalue weighted by molar-refractivity contribution is 6.00. The van der Waals surface area contributed by atoms with E-state index in [-0.39, 0.29) is 25.0 Å². The lowest BCUT2D eigenvalue weighted by molar-refractivity contribution is -0.170. The third kappa shape index (κ3) is 5.38. The molecule has 1 aliphatic heterocycles. The monoisotopic (exact) mass is 336 g/mol. The SMILES string of the molecule is C=CCC(C[C@H]1O[C@H]1C#CCCCCCC)(C(=O)OC)C(=O)OC. The zero-order chi connectivity index (χ0) is 18.0. The first-order valence-electron chi connectivity index (χ1n) is 8.47. The molecule has 0 aromatic heterocycles. The molecular weight excluding hydrogens is 308 g/mol. The molecule has 5 heteroatoms. The van der Waals surface area contributed by atoms with Gasteiger partial charge in [-0.05, 0) is 12.8 Å². The summed E-state index contributed by atoms with van der Waals surface area (Å²) in [7, 11) is 2.51. The highest BCUT2D eigenvalue weighted by atomic mass is 16.6. The fourth-order valence-electron chi connectivity index (χ4n) is 2.72. The van der Waals surface area contributed by atoms with E-state index in [1.165, 1.54) is 39.6 Å². The zero-order valence-electron chi connectivity index (χ0n) is 14.9. The van der Waals surface area contributed by atoms with Crippen LogP contribution in [0.1, 0.15) is 51.9 Å². The van der Waals surface area contributed by atoms with Crippen molar-refractivity contribution in [3.8, 4) is 11.8 Å². The minimum absolute atomic E-state index is 0.142. The molecule has 1 fully saturated rings. The molecule has 0 bridgehead atoms. The highest BCUT2D eigenvalue weighted by Gasteiger charge is 2.54. The molecular formula is C19H28O5. The largest absolute Gasteiger partial charge is 0.468 e. The third-order valence-corrected chi connectivity index (χ3v) is 4.18. The number of esters is 2. The lowest BCUT2D eigenvalue weighted by Gasteiger charge is -2.26. The van der Waals surface area contributed by atoms with E-state index in [9.17, 15) is 9.59 Å². The lowest BCUT2D eigenvalue weighted by atomic mass is 9.79. The maximum absolute atomic E-state index is 12.2. The number of unbranched alkanes of at least 4 members (excludes halogenated alkanes) is 4. The van der Waals surface area contributed by atoms with Gasteiger partial charge in [0.2, 0.25) is 0 Å². The normalized spacial score (nSPS) is 19.0. The zero-order valence-corrected chi connectivity index (χ0v) is 14.9. The van der Waals surface area contributed by atoms with Gasteiger partial charge in [-0.15, -0.1) is 12.5 Å². The average molecular weight is 336 g/mol. The molecule has 0 saturated carbocycles. The Balaban J connectivity index is 2.63. The van der Waals surface area contributed by atoms with Gasteiger partial charge in [-0.3, -0.25) is 9.59 Å². The van der Waals surface area contributed by atoms with Gasteiger partial charge in [0.05, 0.1) is 20.3 Å². The number of hydrogen-bond donors (Lipinski definition) is 0. The van der Waals surface area contributed by atoms with Crippen LogP contribution in [0.2, 0.25) is 0 Å². The van der Waals surface area contributed by atoms with Crippen molar-refractivity contribution in [3.63, 3.8) is 0 Å². The molecule has 0 amide bonds. The second-order valence-corrected chi connectivity index (χ2v) is 5.99. The van der Waals surface area contributed by atoms with Crippen molar-refractivity contribution >= 4 is 11.9 Å². The van der Waals surface area contributed by atoms with E-state index in [4.69, 9.17) is 14.2 Å². The van der Waals surface area contributed by atoms with Gasteiger partial charge in [-0.2, -0.15) is 0 Å². The first kappa shape index (κ1) is 20.2. The van der Waals surface area contributed by atoms with Crippen molar-refractivity contribution < 1.29 is 23.8 Å². The number of allylic oxidation sites excluding steroid dienone is 1. The van der Waals surface area contributed by atoms with Crippen LogP contribution in [-0.2, 0) is 23.8 Å². The predicted octanol–water partition coefficient (Wildman–Crippen LogP) is 3.03. The van der Waals surface area contributed by atoms with Gasteiger partial charge in [-0.25, -0.2) is 0 Å². The standard InChI is InChI=1S/C19H28O5/c1-5-7-8-9-10-11-12-15-16(24-15)14-19(13-6-2,17(20)22-3)18(21)23-4/h6,15-16H,2,5,7-10,13-14H2,1,3-4H3/t15-,16+/m0/s1. The molecule has 24 heavy (non-hydrogen) atoms. The summed E-state index contributed by atoms with van der Waals surface area (Å²) in [6, 6.07) is 0. The van der Waals surface area contributed by atoms with Crippen LogP contribution in [0.25, 0.3) is 0 Å². The van der Waals surface area contributed by atoms with Crippen molar-refractivity contribution in [2.24, 2.45) is 5.41 Å². The molecule has 0 radical (unpaired) electrons. The van der Waals surface area contributed by atoms with Gasteiger partial charge in [-0.1, -0.05) is 38.2 Å². The molecule has 5 nitrogen and oxygen atoms in total. The molecule has 1 rings (SSSR count). The van der Waals surface area contributed by atoms with E-state index in [0.29, 0.717) is 0 Å². The molecule has 0 N–H and O–H groups in total. The number of carbonyl (C=O) groups is 2. The highest BCUT2D eigenvalue weighted by Crippen LogP contribution is 2.39. The Morgan fingerprint density at radius 1 is 1.21 bits per heavy atom. The first-order valence-corrected chi connectivity index (χ1v) is 8.47. The first-order chi connectivity index (χ1) is 11.6. The summed E-state index contributed by atoms with van der Waals surface area (Å²) in [6.07, 6.45) is 6.91. The van der Waals surface area contributed by atoms with Crippen molar-refractivity contribution in [1.29, 1.82) is 0 Å². The fraction of sp³-hybridized carbons (Fsp3) is 0.684. The Hall–Kier alpha value is -1.80. The van der Waals surface area contributed by atoms with E-state index < -0.39 is 17.4 Å². The van der Waals surface area contributed by atoms with Crippen LogP contribution < -0.4 is 0 Å². The second-order valence-electron chi connectivity index (χ2n) is 5.99. The molecule has 1 heterocycles. The second kappa shape index (κ2) is 10.1. The Labute approximate surface area is 144 Å². The summed E-state index contributed by atoms with van der Waals surface area (Å²) in [5.41, 5.74) is -1.41. The molecule has 0 spiro atoms. The predicted molar refractivity (Wildman–Crippen MR) is 91.1 cm³/mol. The minimum Gasteiger partial charge on any atom is -0.468 e. The summed E-state index contributed by atoms with van der Waals surface area (Å²) in [4.78, 5) is 24.4. The maximum Gasteiger partial charge on any atom is 0.323 e. The third-order valence-electron chi connectivity index (χ3n) is 4.18. The van der Waals surface area contributed by atoms with Crippen LogP contribution in [0.3, 0.4) is 0 Å². The smallest absolute Gasteiger partial charge is 0.323 e. The lowest BCUT2D eigenvalue weighted by Crippen LogP contribution is -2.42. The summed E-state index contributed by atoms with van der Waals surface area (Å²) < 4.78 is 15.1. The van der Waals surface area contributed by atoms with Gasteiger partial charge in [0, 0.05) is 12.8 Å². The Bertz CT molecular complexity index is 484. The molecule has 0 aromatic carbocycles. The van der Waals surface area contributed by atoms with Crippen molar-refractivity contribution in [2.75, 3.05) is 14.2 Å². The molecule has 0 unspecified atom stereocenters. The Morgan fingerprint density at radius 3 is 2.42 bits per heavy atom. The van der Waals surface area contributed by atoms with Crippen LogP contribution in [0.5, 0.6) is 0 Å². The molecule has 0 aromatic rings. The van der Waals surface area contributed by atoms with Crippen LogP contribution in [-0.4, -0.2) is 38.4 Å². The summed E-state index contributed by atoms with van der Waals surface area (Å²) in [5, 5.41) is 0. The van der Waals surface area contributed by atoms with Gasteiger partial charge in [0.25, 0.3) is 0 Å². The molecule has 1 aliphatic rings. The van der Waals surface area contributed by atoms with E-state index in [0.717, 1.165) is 12.8 Å². The number of methoxy groups -OCH3 is 2. The van der Waals surface area contributed by atoms with E-state index in [2.05, 4.69) is 25.3 Å². The number of epoxide rings is 1. The van der Waals surface area contributed by atoms with Crippen molar-refractivity contribution in [2.45, 2.75) is 64.1 Å². The van der Waals surface area contributed by atoms with Gasteiger partial charge in [0.15, 0.2) is 5.41 Å². The molecule has 1 saturated heterocycles. The molecule has 2 atom stereocenters. The minimum atomic E-state index is -1.41. The Morgan fingerprint density at radius 2 is 1.88 bits per heavy atom.